The van der Waals surface area contributed by atoms with Gasteiger partial charge < -0.3 is 18.6 Å². The molecule has 1 aromatic heterocycles. The SMILES string of the molecule is C=C(OC(=O)c1ccc2oc(CCCC)c(C(=O)c3ccc(OCC4CO4)cc3)c2c1)C(C)=C=O. The number of hydrogen-bond acceptors (Lipinski definition) is 7. The molecule has 0 aliphatic carbocycles. The summed E-state index contributed by atoms with van der Waals surface area (Å²) < 4.78 is 22.0. The van der Waals surface area contributed by atoms with Crippen molar-refractivity contribution in [3.63, 3.8) is 0 Å². The van der Waals surface area contributed by atoms with Gasteiger partial charge in [0, 0.05) is 17.4 Å². The monoisotopic (exact) mass is 474 g/mol. The minimum atomic E-state index is -0.692. The summed E-state index contributed by atoms with van der Waals surface area (Å²) in [5.41, 5.74) is 1.71. The van der Waals surface area contributed by atoms with E-state index in [0.717, 1.165) is 12.8 Å². The van der Waals surface area contributed by atoms with Crippen molar-refractivity contribution in [1.29, 1.82) is 0 Å². The van der Waals surface area contributed by atoms with Gasteiger partial charge in [-0.15, -0.1) is 0 Å². The van der Waals surface area contributed by atoms with E-state index < -0.39 is 5.97 Å². The normalized spacial score (nSPS) is 14.3. The summed E-state index contributed by atoms with van der Waals surface area (Å²) in [6.07, 6.45) is 2.52. The summed E-state index contributed by atoms with van der Waals surface area (Å²) in [7, 11) is 0. The summed E-state index contributed by atoms with van der Waals surface area (Å²) in [5.74, 6) is 1.91. The van der Waals surface area contributed by atoms with Gasteiger partial charge in [0.15, 0.2) is 5.78 Å². The maximum atomic E-state index is 13.6. The smallest absolute Gasteiger partial charge is 0.343 e. The fraction of sp³-hybridized carbons (Fsp3) is 0.286. The summed E-state index contributed by atoms with van der Waals surface area (Å²) in [4.78, 5) is 37.0. The van der Waals surface area contributed by atoms with Crippen molar-refractivity contribution in [3.05, 3.63) is 82.8 Å². The topological polar surface area (TPSA) is 95.3 Å². The van der Waals surface area contributed by atoms with Crippen LogP contribution in [0.25, 0.3) is 11.0 Å². The number of carbonyl (C=O) groups excluding carboxylic acids is 3. The van der Waals surface area contributed by atoms with Crippen LogP contribution in [0.3, 0.4) is 0 Å². The highest BCUT2D eigenvalue weighted by Gasteiger charge is 2.25. The molecule has 3 aromatic rings. The van der Waals surface area contributed by atoms with Gasteiger partial charge in [-0.25, -0.2) is 9.59 Å². The van der Waals surface area contributed by atoms with Gasteiger partial charge in [0.25, 0.3) is 0 Å². The first-order valence-electron chi connectivity index (χ1n) is 11.5. The minimum absolute atomic E-state index is 0.0761. The molecule has 1 fully saturated rings. The summed E-state index contributed by atoms with van der Waals surface area (Å²) in [6.45, 7) is 8.28. The highest BCUT2D eigenvalue weighted by Crippen LogP contribution is 2.31. The number of carbonyl (C=O) groups is 2. The van der Waals surface area contributed by atoms with Crippen molar-refractivity contribution in [2.24, 2.45) is 0 Å². The van der Waals surface area contributed by atoms with E-state index in [1.54, 1.807) is 48.4 Å². The van der Waals surface area contributed by atoms with Crippen molar-refractivity contribution in [3.8, 4) is 5.75 Å². The average Bonchev–Trinajstić information content (AvgIpc) is 3.64. The van der Waals surface area contributed by atoms with Crippen molar-refractivity contribution in [2.45, 2.75) is 39.2 Å². The van der Waals surface area contributed by atoms with E-state index in [4.69, 9.17) is 18.6 Å². The van der Waals surface area contributed by atoms with Crippen molar-refractivity contribution < 1.29 is 33.0 Å². The molecule has 180 valence electrons. The zero-order valence-electron chi connectivity index (χ0n) is 19.7. The lowest BCUT2D eigenvalue weighted by molar-refractivity contribution is 0.0634. The molecule has 0 bridgehead atoms. The molecule has 1 aliphatic heterocycles. The molecule has 1 saturated heterocycles. The first kappa shape index (κ1) is 24.2. The molecule has 1 atom stereocenters. The number of rotatable bonds is 11. The molecular formula is C28H26O7. The molecule has 1 unspecified atom stereocenters. The van der Waals surface area contributed by atoms with Crippen LogP contribution in [0.5, 0.6) is 5.75 Å². The molecule has 0 saturated carbocycles. The number of esters is 1. The standard InChI is InChI=1S/C28H26O7/c1-4-5-6-25-26(27(30)19-7-10-21(11-8-19)32-15-22-16-33-22)23-13-20(9-12-24(23)35-25)28(31)34-18(3)17(2)14-29/h7-13,22H,3-6,15-16H2,1-2H3. The number of ketones is 1. The van der Waals surface area contributed by atoms with Gasteiger partial charge >= 0.3 is 5.97 Å². The van der Waals surface area contributed by atoms with Gasteiger partial charge in [0.2, 0.25) is 0 Å². The Bertz CT molecular complexity index is 1320. The lowest BCUT2D eigenvalue weighted by Gasteiger charge is -2.07. The van der Waals surface area contributed by atoms with Gasteiger partial charge in [-0.3, -0.25) is 4.79 Å². The van der Waals surface area contributed by atoms with E-state index >= 15 is 0 Å². The van der Waals surface area contributed by atoms with E-state index in [2.05, 4.69) is 13.5 Å². The molecular weight excluding hydrogens is 448 g/mol. The van der Waals surface area contributed by atoms with E-state index in [-0.39, 0.29) is 28.8 Å². The number of epoxide rings is 1. The highest BCUT2D eigenvalue weighted by atomic mass is 16.6. The summed E-state index contributed by atoms with van der Waals surface area (Å²) in [6, 6.07) is 11.7. The number of ether oxygens (including phenoxy) is 3. The molecule has 35 heavy (non-hydrogen) atoms. The van der Waals surface area contributed by atoms with Crippen LogP contribution in [-0.2, 0) is 20.7 Å². The van der Waals surface area contributed by atoms with Crippen LogP contribution < -0.4 is 4.74 Å². The number of hydrogen-bond donors (Lipinski definition) is 0. The van der Waals surface area contributed by atoms with Gasteiger partial charge in [0.1, 0.15) is 41.5 Å². The molecule has 7 nitrogen and oxygen atoms in total. The number of aryl methyl sites for hydroxylation is 1. The number of furan rings is 1. The number of fused-ring (bicyclic) bond motifs is 1. The maximum Gasteiger partial charge on any atom is 0.343 e. The maximum absolute atomic E-state index is 13.6. The molecule has 0 N–H and O–H groups in total. The molecule has 1 aliphatic rings. The van der Waals surface area contributed by atoms with Gasteiger partial charge in [-0.2, -0.15) is 0 Å². The second-order valence-corrected chi connectivity index (χ2v) is 8.37. The lowest BCUT2D eigenvalue weighted by atomic mass is 9.97. The van der Waals surface area contributed by atoms with E-state index in [1.807, 2.05) is 0 Å². The molecule has 2 heterocycles. The molecule has 0 radical (unpaired) electrons. The molecule has 7 heteroatoms. The highest BCUT2D eigenvalue weighted by molar-refractivity contribution is 6.17. The third-order valence-electron chi connectivity index (χ3n) is 5.72. The largest absolute Gasteiger partial charge is 0.491 e. The Balaban J connectivity index is 1.66. The molecule has 0 spiro atoms. The average molecular weight is 475 g/mol. The van der Waals surface area contributed by atoms with Crippen LogP contribution in [0.15, 0.2) is 64.8 Å². The second-order valence-electron chi connectivity index (χ2n) is 8.37. The zero-order chi connectivity index (χ0) is 24.9. The van der Waals surface area contributed by atoms with Crippen LogP contribution >= 0.6 is 0 Å². The Morgan fingerprint density at radius 3 is 2.51 bits per heavy atom. The van der Waals surface area contributed by atoms with Crippen molar-refractivity contribution in [1.82, 2.24) is 0 Å². The minimum Gasteiger partial charge on any atom is -0.491 e. The van der Waals surface area contributed by atoms with Crippen LogP contribution in [0.4, 0.5) is 0 Å². The summed E-state index contributed by atoms with van der Waals surface area (Å²) in [5, 5.41) is 0.523. The number of unbranched alkanes of at least 4 members (excludes halogenated alkanes) is 1. The van der Waals surface area contributed by atoms with E-state index in [9.17, 15) is 14.4 Å². The predicted molar refractivity (Wildman–Crippen MR) is 129 cm³/mol. The Labute approximate surface area is 203 Å². The second kappa shape index (κ2) is 10.6. The fourth-order valence-corrected chi connectivity index (χ4v) is 3.54. The van der Waals surface area contributed by atoms with Crippen molar-refractivity contribution >= 4 is 28.7 Å². The van der Waals surface area contributed by atoms with Gasteiger partial charge in [-0.05, 0) is 55.8 Å². The summed E-state index contributed by atoms with van der Waals surface area (Å²) >= 11 is 0. The van der Waals surface area contributed by atoms with Crippen LogP contribution in [0.2, 0.25) is 0 Å². The van der Waals surface area contributed by atoms with Crippen LogP contribution in [0.1, 0.15) is 58.7 Å². The number of benzene rings is 2. The lowest BCUT2D eigenvalue weighted by Crippen LogP contribution is -2.07. The first-order chi connectivity index (χ1) is 16.9. The predicted octanol–water partition coefficient (Wildman–Crippen LogP) is 5.23. The van der Waals surface area contributed by atoms with Crippen LogP contribution in [0, 0.1) is 0 Å². The zero-order valence-corrected chi connectivity index (χ0v) is 19.7. The Morgan fingerprint density at radius 2 is 1.86 bits per heavy atom. The van der Waals surface area contributed by atoms with Crippen LogP contribution in [-0.4, -0.2) is 37.0 Å². The van der Waals surface area contributed by atoms with Gasteiger partial charge in [-0.1, -0.05) is 19.9 Å². The fourth-order valence-electron chi connectivity index (χ4n) is 3.54. The molecule has 0 amide bonds. The number of allylic oxidation sites excluding steroid dienone is 1. The molecule has 2 aromatic carbocycles. The molecule has 4 rings (SSSR count). The van der Waals surface area contributed by atoms with Gasteiger partial charge in [0.05, 0.1) is 23.3 Å². The van der Waals surface area contributed by atoms with Crippen molar-refractivity contribution in [2.75, 3.05) is 13.2 Å². The van der Waals surface area contributed by atoms with E-state index in [1.165, 1.54) is 6.92 Å². The first-order valence-corrected chi connectivity index (χ1v) is 11.5. The van der Waals surface area contributed by atoms with E-state index in [0.29, 0.717) is 53.2 Å². The Morgan fingerprint density at radius 1 is 1.14 bits per heavy atom. The quantitative estimate of drug-likeness (QED) is 0.0937. The third kappa shape index (κ3) is 5.60. The third-order valence-corrected chi connectivity index (χ3v) is 5.72. The Kier molecular flexibility index (Phi) is 7.30. The Hall–Kier alpha value is -3.93.